The standard InChI is InChI=1S/C25H34N6O4/c1-14(2)11-21(32)31-10-9-19(30-25(35)28-15(3)4)22(31)24(34)29-20(23(26)33)12-16-13-27-18-8-6-5-7-17(16)18/h5-8,11,13,15,19-20,22,27H,9-10,12H2,1-4H3,(H2,26,33)(H,29,34)(H2,28,30,35). The zero-order chi connectivity index (χ0) is 25.7. The third kappa shape index (κ3) is 6.40. The van der Waals surface area contributed by atoms with Crippen molar-refractivity contribution in [2.24, 2.45) is 5.73 Å². The Hall–Kier alpha value is -3.82. The number of hydrogen-bond donors (Lipinski definition) is 5. The summed E-state index contributed by atoms with van der Waals surface area (Å²) in [7, 11) is 0. The molecule has 3 unspecified atom stereocenters. The number of fused-ring (bicyclic) bond motifs is 1. The van der Waals surface area contributed by atoms with Crippen molar-refractivity contribution in [1.29, 1.82) is 0 Å². The summed E-state index contributed by atoms with van der Waals surface area (Å²) in [6, 6.07) is 4.51. The number of primary amides is 1. The van der Waals surface area contributed by atoms with Crippen molar-refractivity contribution in [3.8, 4) is 0 Å². The fourth-order valence-corrected chi connectivity index (χ4v) is 4.32. The van der Waals surface area contributed by atoms with Gasteiger partial charge in [0, 0.05) is 42.2 Å². The van der Waals surface area contributed by atoms with Crippen LogP contribution in [0.5, 0.6) is 0 Å². The predicted molar refractivity (Wildman–Crippen MR) is 133 cm³/mol. The molecular formula is C25H34N6O4. The average molecular weight is 483 g/mol. The van der Waals surface area contributed by atoms with Crippen LogP contribution in [0.1, 0.15) is 39.7 Å². The lowest BCUT2D eigenvalue weighted by molar-refractivity contribution is -0.137. The molecule has 188 valence electrons. The van der Waals surface area contributed by atoms with Gasteiger partial charge in [-0.25, -0.2) is 4.79 Å². The number of aromatic amines is 1. The van der Waals surface area contributed by atoms with E-state index in [2.05, 4.69) is 20.9 Å². The highest BCUT2D eigenvalue weighted by Crippen LogP contribution is 2.22. The van der Waals surface area contributed by atoms with E-state index in [9.17, 15) is 19.2 Å². The fraction of sp³-hybridized carbons (Fsp3) is 0.440. The van der Waals surface area contributed by atoms with E-state index in [1.54, 1.807) is 20.0 Å². The van der Waals surface area contributed by atoms with Crippen LogP contribution in [0.2, 0.25) is 0 Å². The van der Waals surface area contributed by atoms with E-state index in [0.717, 1.165) is 22.0 Å². The summed E-state index contributed by atoms with van der Waals surface area (Å²) in [6.07, 6.45) is 3.82. The molecule has 5 amide bonds. The molecule has 3 atom stereocenters. The molecule has 10 nitrogen and oxygen atoms in total. The number of likely N-dealkylation sites (tertiary alicyclic amines) is 1. The molecule has 2 heterocycles. The van der Waals surface area contributed by atoms with Gasteiger partial charge in [0.2, 0.25) is 17.7 Å². The van der Waals surface area contributed by atoms with Gasteiger partial charge in [-0.1, -0.05) is 23.8 Å². The Morgan fingerprint density at radius 3 is 2.54 bits per heavy atom. The molecule has 1 aliphatic rings. The molecule has 0 aliphatic carbocycles. The second-order valence-corrected chi connectivity index (χ2v) is 9.39. The first kappa shape index (κ1) is 25.8. The van der Waals surface area contributed by atoms with Crippen LogP contribution in [0.4, 0.5) is 4.79 Å². The number of rotatable bonds is 8. The molecular weight excluding hydrogens is 448 g/mol. The van der Waals surface area contributed by atoms with Crippen LogP contribution in [0.3, 0.4) is 0 Å². The average Bonchev–Trinajstić information content (AvgIpc) is 3.36. The maximum atomic E-state index is 13.5. The lowest BCUT2D eigenvalue weighted by atomic mass is 10.0. The molecule has 0 bridgehead atoms. The minimum Gasteiger partial charge on any atom is -0.368 e. The van der Waals surface area contributed by atoms with Crippen molar-refractivity contribution in [3.05, 3.63) is 47.7 Å². The van der Waals surface area contributed by atoms with Crippen molar-refractivity contribution < 1.29 is 19.2 Å². The molecule has 1 aromatic heterocycles. The Kier molecular flexibility index (Phi) is 8.16. The molecule has 0 saturated carbocycles. The van der Waals surface area contributed by atoms with Gasteiger partial charge in [-0.05, 0) is 45.7 Å². The van der Waals surface area contributed by atoms with Crippen LogP contribution < -0.4 is 21.7 Å². The summed E-state index contributed by atoms with van der Waals surface area (Å²) in [5, 5.41) is 9.20. The summed E-state index contributed by atoms with van der Waals surface area (Å²) in [5.41, 5.74) is 8.17. The fourth-order valence-electron chi connectivity index (χ4n) is 4.32. The van der Waals surface area contributed by atoms with Gasteiger partial charge >= 0.3 is 6.03 Å². The summed E-state index contributed by atoms with van der Waals surface area (Å²) >= 11 is 0. The molecule has 10 heteroatoms. The molecule has 3 rings (SSSR count). The summed E-state index contributed by atoms with van der Waals surface area (Å²) < 4.78 is 0. The molecule has 1 saturated heterocycles. The predicted octanol–water partition coefficient (Wildman–Crippen LogP) is 1.32. The van der Waals surface area contributed by atoms with Gasteiger partial charge in [0.15, 0.2) is 0 Å². The third-order valence-electron chi connectivity index (χ3n) is 5.86. The minimum absolute atomic E-state index is 0.0949. The first-order valence-corrected chi connectivity index (χ1v) is 11.7. The van der Waals surface area contributed by atoms with Gasteiger partial charge in [-0.15, -0.1) is 0 Å². The highest BCUT2D eigenvalue weighted by atomic mass is 16.2. The Labute approximate surface area is 204 Å². The zero-order valence-corrected chi connectivity index (χ0v) is 20.6. The maximum Gasteiger partial charge on any atom is 0.315 e. The zero-order valence-electron chi connectivity index (χ0n) is 20.6. The highest BCUT2D eigenvalue weighted by molar-refractivity contribution is 5.96. The lowest BCUT2D eigenvalue weighted by Gasteiger charge is -2.29. The van der Waals surface area contributed by atoms with E-state index >= 15 is 0 Å². The van der Waals surface area contributed by atoms with Gasteiger partial charge < -0.3 is 31.6 Å². The number of urea groups is 1. The van der Waals surface area contributed by atoms with E-state index in [4.69, 9.17) is 5.73 Å². The normalized spacial score (nSPS) is 18.3. The number of hydrogen-bond acceptors (Lipinski definition) is 4. The Morgan fingerprint density at radius 1 is 1.17 bits per heavy atom. The number of amides is 5. The monoisotopic (exact) mass is 482 g/mol. The molecule has 0 spiro atoms. The molecule has 35 heavy (non-hydrogen) atoms. The third-order valence-corrected chi connectivity index (χ3v) is 5.86. The van der Waals surface area contributed by atoms with Crippen molar-refractivity contribution in [3.63, 3.8) is 0 Å². The molecule has 1 aliphatic heterocycles. The number of H-pyrrole nitrogens is 1. The van der Waals surface area contributed by atoms with Crippen LogP contribution >= 0.6 is 0 Å². The van der Waals surface area contributed by atoms with E-state index in [0.29, 0.717) is 6.42 Å². The molecule has 2 aromatic rings. The number of benzene rings is 1. The Balaban J connectivity index is 1.82. The topological polar surface area (TPSA) is 149 Å². The summed E-state index contributed by atoms with van der Waals surface area (Å²) in [4.78, 5) is 55.5. The highest BCUT2D eigenvalue weighted by Gasteiger charge is 2.43. The van der Waals surface area contributed by atoms with Gasteiger partial charge in [0.25, 0.3) is 0 Å². The second kappa shape index (κ2) is 11.1. The van der Waals surface area contributed by atoms with Gasteiger partial charge in [-0.3, -0.25) is 14.4 Å². The number of nitrogens with one attached hydrogen (secondary N) is 4. The quantitative estimate of drug-likeness (QED) is 0.361. The van der Waals surface area contributed by atoms with Gasteiger partial charge in [0.05, 0.1) is 6.04 Å². The van der Waals surface area contributed by atoms with Gasteiger partial charge in [0.1, 0.15) is 12.1 Å². The van der Waals surface area contributed by atoms with E-state index in [1.807, 2.05) is 38.1 Å². The van der Waals surface area contributed by atoms with Crippen LogP contribution in [0.25, 0.3) is 10.9 Å². The summed E-state index contributed by atoms with van der Waals surface area (Å²) in [5.74, 6) is -1.56. The molecule has 1 fully saturated rings. The second-order valence-electron chi connectivity index (χ2n) is 9.39. The van der Waals surface area contributed by atoms with Crippen molar-refractivity contribution in [2.45, 2.75) is 64.7 Å². The number of nitrogens with two attached hydrogens (primary N) is 1. The lowest BCUT2D eigenvalue weighted by Crippen LogP contribution is -2.59. The molecule has 1 aromatic carbocycles. The summed E-state index contributed by atoms with van der Waals surface area (Å²) in [6.45, 7) is 7.52. The molecule has 6 N–H and O–H groups in total. The maximum absolute atomic E-state index is 13.5. The van der Waals surface area contributed by atoms with Crippen LogP contribution in [0, 0.1) is 0 Å². The number of nitrogens with zero attached hydrogens (tertiary/aromatic N) is 1. The number of carbonyl (C=O) groups excluding carboxylic acids is 4. The minimum atomic E-state index is -0.993. The first-order chi connectivity index (χ1) is 16.6. The largest absolute Gasteiger partial charge is 0.368 e. The number of para-hydroxylation sites is 1. The Morgan fingerprint density at radius 2 is 1.89 bits per heavy atom. The Bertz CT molecular complexity index is 1130. The van der Waals surface area contributed by atoms with Crippen molar-refractivity contribution >= 4 is 34.7 Å². The number of allylic oxidation sites excluding steroid dienone is 1. The SMILES string of the molecule is CC(C)=CC(=O)N1CCC(NC(=O)NC(C)C)C1C(=O)NC(Cc1c[nH]c2ccccc12)C(N)=O. The van der Waals surface area contributed by atoms with Crippen molar-refractivity contribution in [2.75, 3.05) is 6.54 Å². The van der Waals surface area contributed by atoms with Crippen LogP contribution in [-0.2, 0) is 20.8 Å². The van der Waals surface area contributed by atoms with Crippen LogP contribution in [-0.4, -0.2) is 64.3 Å². The van der Waals surface area contributed by atoms with E-state index in [-0.39, 0.29) is 24.9 Å². The van der Waals surface area contributed by atoms with Gasteiger partial charge in [-0.2, -0.15) is 0 Å². The number of carbonyl (C=O) groups is 4. The smallest absolute Gasteiger partial charge is 0.315 e. The first-order valence-electron chi connectivity index (χ1n) is 11.7. The van der Waals surface area contributed by atoms with E-state index in [1.165, 1.54) is 11.0 Å². The molecule has 0 radical (unpaired) electrons. The van der Waals surface area contributed by atoms with E-state index < -0.39 is 36.0 Å². The van der Waals surface area contributed by atoms with Crippen LogP contribution in [0.15, 0.2) is 42.1 Å². The van der Waals surface area contributed by atoms with Crippen molar-refractivity contribution in [1.82, 2.24) is 25.8 Å². The number of aromatic nitrogens is 1.